The molecule has 0 atom stereocenters. The van der Waals surface area contributed by atoms with Crippen molar-refractivity contribution in [2.75, 3.05) is 0 Å². The van der Waals surface area contributed by atoms with Gasteiger partial charge in [-0.25, -0.2) is 0 Å². The van der Waals surface area contributed by atoms with Gasteiger partial charge >= 0.3 is 5.97 Å². The molecule has 0 aromatic rings. The van der Waals surface area contributed by atoms with Crippen LogP contribution in [-0.4, -0.2) is 11.6 Å². The van der Waals surface area contributed by atoms with Gasteiger partial charge in [-0.2, -0.15) is 0 Å². The molecule has 0 aromatic heterocycles. The van der Waals surface area contributed by atoms with E-state index < -0.39 is 5.60 Å². The first kappa shape index (κ1) is 9.03. The summed E-state index contributed by atoms with van der Waals surface area (Å²) in [5.74, 6) is 1.88. The summed E-state index contributed by atoms with van der Waals surface area (Å²) in [5, 5.41) is 0. The van der Waals surface area contributed by atoms with Crippen LogP contribution in [0.1, 0.15) is 27.2 Å². The Morgan fingerprint density at radius 1 is 1.60 bits per heavy atom. The highest BCUT2D eigenvalue weighted by Gasteiger charge is 2.14. The van der Waals surface area contributed by atoms with Crippen LogP contribution >= 0.6 is 0 Å². The Kier molecular flexibility index (Phi) is 2.95. The zero-order valence-electron chi connectivity index (χ0n) is 6.60. The molecule has 0 heterocycles. The SMILES string of the molecule is C#CCC(=O)OC(C)(C)C. The van der Waals surface area contributed by atoms with E-state index in [-0.39, 0.29) is 12.4 Å². The summed E-state index contributed by atoms with van der Waals surface area (Å²) < 4.78 is 4.90. The summed E-state index contributed by atoms with van der Waals surface area (Å²) in [4.78, 5) is 10.7. The maximum absolute atomic E-state index is 10.7. The normalized spacial score (nSPS) is 10.2. The Morgan fingerprint density at radius 2 is 2.10 bits per heavy atom. The molecule has 0 aliphatic rings. The van der Waals surface area contributed by atoms with Gasteiger partial charge in [0.15, 0.2) is 0 Å². The molecular formula is C8H12O2. The van der Waals surface area contributed by atoms with Crippen molar-refractivity contribution in [2.24, 2.45) is 0 Å². The Bertz CT molecular complexity index is 157. The fraction of sp³-hybridized carbons (Fsp3) is 0.625. The van der Waals surface area contributed by atoms with Gasteiger partial charge in [-0.15, -0.1) is 6.42 Å². The van der Waals surface area contributed by atoms with E-state index in [1.165, 1.54) is 0 Å². The summed E-state index contributed by atoms with van der Waals surface area (Å²) in [6, 6.07) is 0. The van der Waals surface area contributed by atoms with Crippen LogP contribution < -0.4 is 0 Å². The van der Waals surface area contributed by atoms with Crippen LogP contribution in [0.3, 0.4) is 0 Å². The largest absolute Gasteiger partial charge is 0.459 e. The lowest BCUT2D eigenvalue weighted by Gasteiger charge is -2.18. The van der Waals surface area contributed by atoms with Crippen molar-refractivity contribution >= 4 is 5.97 Å². The van der Waals surface area contributed by atoms with E-state index in [0.29, 0.717) is 0 Å². The fourth-order valence-electron chi connectivity index (χ4n) is 0.461. The fourth-order valence-corrected chi connectivity index (χ4v) is 0.461. The highest BCUT2D eigenvalue weighted by molar-refractivity contribution is 5.72. The molecule has 0 N–H and O–H groups in total. The molecular weight excluding hydrogens is 128 g/mol. The number of hydrogen-bond donors (Lipinski definition) is 0. The molecule has 10 heavy (non-hydrogen) atoms. The summed E-state index contributed by atoms with van der Waals surface area (Å²) in [6.45, 7) is 5.42. The van der Waals surface area contributed by atoms with Crippen molar-refractivity contribution in [2.45, 2.75) is 32.8 Å². The van der Waals surface area contributed by atoms with Crippen LogP contribution in [0.2, 0.25) is 0 Å². The molecule has 0 spiro atoms. The minimum absolute atomic E-state index is 0.0528. The van der Waals surface area contributed by atoms with E-state index in [9.17, 15) is 4.79 Å². The Morgan fingerprint density at radius 3 is 2.40 bits per heavy atom. The second kappa shape index (κ2) is 3.26. The van der Waals surface area contributed by atoms with Crippen LogP contribution in [0, 0.1) is 12.3 Å². The molecule has 0 rings (SSSR count). The van der Waals surface area contributed by atoms with Crippen LogP contribution in [0.15, 0.2) is 0 Å². The second-order valence-corrected chi connectivity index (χ2v) is 2.97. The van der Waals surface area contributed by atoms with Gasteiger partial charge in [0, 0.05) is 0 Å². The van der Waals surface area contributed by atoms with Crippen LogP contribution in [0.25, 0.3) is 0 Å². The van der Waals surface area contributed by atoms with Gasteiger partial charge in [0.2, 0.25) is 0 Å². The zero-order valence-corrected chi connectivity index (χ0v) is 6.60. The third-order valence-corrected chi connectivity index (χ3v) is 0.666. The number of rotatable bonds is 1. The van der Waals surface area contributed by atoms with E-state index >= 15 is 0 Å². The highest BCUT2D eigenvalue weighted by atomic mass is 16.6. The maximum Gasteiger partial charge on any atom is 0.318 e. The topological polar surface area (TPSA) is 26.3 Å². The quantitative estimate of drug-likeness (QED) is 0.406. The zero-order chi connectivity index (χ0) is 8.20. The Labute approximate surface area is 61.6 Å². The van der Waals surface area contributed by atoms with Crippen molar-refractivity contribution in [1.29, 1.82) is 0 Å². The molecule has 0 saturated heterocycles. The molecule has 0 unspecified atom stereocenters. The molecule has 0 aliphatic carbocycles. The summed E-state index contributed by atoms with van der Waals surface area (Å²) >= 11 is 0. The average Bonchev–Trinajstić information content (AvgIpc) is 1.59. The molecule has 0 saturated carbocycles. The predicted molar refractivity (Wildman–Crippen MR) is 39.3 cm³/mol. The van der Waals surface area contributed by atoms with Gasteiger partial charge in [0.1, 0.15) is 12.0 Å². The van der Waals surface area contributed by atoms with Crippen molar-refractivity contribution in [3.8, 4) is 12.3 Å². The summed E-state index contributed by atoms with van der Waals surface area (Å²) in [5.41, 5.74) is -0.423. The van der Waals surface area contributed by atoms with E-state index in [0.717, 1.165) is 0 Å². The average molecular weight is 140 g/mol. The lowest BCUT2D eigenvalue weighted by molar-refractivity contribution is -0.153. The molecule has 56 valence electrons. The third-order valence-electron chi connectivity index (χ3n) is 0.666. The second-order valence-electron chi connectivity index (χ2n) is 2.97. The van der Waals surface area contributed by atoms with Crippen molar-refractivity contribution in [3.05, 3.63) is 0 Å². The van der Waals surface area contributed by atoms with Gasteiger partial charge in [-0.3, -0.25) is 4.79 Å². The number of terminal acetylenes is 1. The van der Waals surface area contributed by atoms with Gasteiger partial charge in [-0.1, -0.05) is 5.92 Å². The maximum atomic E-state index is 10.7. The summed E-state index contributed by atoms with van der Waals surface area (Å²) in [6.07, 6.45) is 4.95. The lowest BCUT2D eigenvalue weighted by Crippen LogP contribution is -2.23. The standard InChI is InChI=1S/C8H12O2/c1-5-6-7(9)10-8(2,3)4/h1H,6H2,2-4H3. The first-order valence-electron chi connectivity index (χ1n) is 3.11. The Balaban J connectivity index is 3.72. The third kappa shape index (κ3) is 5.17. The van der Waals surface area contributed by atoms with E-state index in [2.05, 4.69) is 5.92 Å². The molecule has 0 aliphatic heterocycles. The Hall–Kier alpha value is -0.970. The van der Waals surface area contributed by atoms with Crippen molar-refractivity contribution in [1.82, 2.24) is 0 Å². The molecule has 0 radical (unpaired) electrons. The molecule has 2 nitrogen and oxygen atoms in total. The minimum Gasteiger partial charge on any atom is -0.459 e. The van der Waals surface area contributed by atoms with Gasteiger partial charge in [-0.05, 0) is 20.8 Å². The first-order chi connectivity index (χ1) is 4.45. The monoisotopic (exact) mass is 140 g/mol. The summed E-state index contributed by atoms with van der Waals surface area (Å²) in [7, 11) is 0. The van der Waals surface area contributed by atoms with Gasteiger partial charge in [0.05, 0.1) is 0 Å². The molecule has 0 amide bonds. The molecule has 0 fully saturated rings. The smallest absolute Gasteiger partial charge is 0.318 e. The first-order valence-corrected chi connectivity index (χ1v) is 3.11. The van der Waals surface area contributed by atoms with Gasteiger partial charge < -0.3 is 4.74 Å². The molecule has 0 aromatic carbocycles. The van der Waals surface area contributed by atoms with Crippen molar-refractivity contribution < 1.29 is 9.53 Å². The van der Waals surface area contributed by atoms with Crippen LogP contribution in [-0.2, 0) is 9.53 Å². The number of carbonyl (C=O) groups excluding carboxylic acids is 1. The number of esters is 1. The molecule has 2 heteroatoms. The predicted octanol–water partition coefficient (Wildman–Crippen LogP) is 1.35. The minimum atomic E-state index is -0.423. The van der Waals surface area contributed by atoms with E-state index in [1.807, 2.05) is 0 Å². The van der Waals surface area contributed by atoms with E-state index in [4.69, 9.17) is 11.2 Å². The van der Waals surface area contributed by atoms with E-state index in [1.54, 1.807) is 20.8 Å². The van der Waals surface area contributed by atoms with Gasteiger partial charge in [0.25, 0.3) is 0 Å². The lowest BCUT2D eigenvalue weighted by atomic mass is 10.2. The van der Waals surface area contributed by atoms with Crippen LogP contribution in [0.5, 0.6) is 0 Å². The van der Waals surface area contributed by atoms with Crippen LogP contribution in [0.4, 0.5) is 0 Å². The number of hydrogen-bond acceptors (Lipinski definition) is 2. The number of ether oxygens (including phenoxy) is 1. The molecule has 0 bridgehead atoms. The van der Waals surface area contributed by atoms with Crippen molar-refractivity contribution in [3.63, 3.8) is 0 Å². The highest BCUT2D eigenvalue weighted by Crippen LogP contribution is 2.07. The number of carbonyl (C=O) groups is 1.